The van der Waals surface area contributed by atoms with Crippen LogP contribution >= 0.6 is 0 Å². The largest absolute Gasteiger partial charge is 0.496 e. The lowest BCUT2D eigenvalue weighted by Crippen LogP contribution is -2.35. The zero-order valence-electron chi connectivity index (χ0n) is 12.4. The van der Waals surface area contributed by atoms with E-state index in [9.17, 15) is 5.11 Å². The predicted molar refractivity (Wildman–Crippen MR) is 78.7 cm³/mol. The van der Waals surface area contributed by atoms with E-state index >= 15 is 0 Å². The molecule has 0 aromatic heterocycles. The van der Waals surface area contributed by atoms with Gasteiger partial charge >= 0.3 is 0 Å². The Morgan fingerprint density at radius 3 is 2.58 bits per heavy atom. The van der Waals surface area contributed by atoms with Crippen LogP contribution in [0.4, 0.5) is 0 Å². The van der Waals surface area contributed by atoms with E-state index in [2.05, 4.69) is 24.8 Å². The molecule has 1 atom stereocenters. The minimum Gasteiger partial charge on any atom is -0.496 e. The molecule has 0 fully saturated rings. The Bertz CT molecular complexity index is 407. The molecule has 0 amide bonds. The minimum atomic E-state index is -0.441. The number of rotatable bonds is 7. The highest BCUT2D eigenvalue weighted by Gasteiger charge is 2.09. The first-order valence-corrected chi connectivity index (χ1v) is 6.69. The number of nitrogens with zero attached hydrogens (tertiary/aromatic N) is 1. The summed E-state index contributed by atoms with van der Waals surface area (Å²) in [7, 11) is 3.70. The Morgan fingerprint density at radius 1 is 1.32 bits per heavy atom. The molecule has 4 nitrogen and oxygen atoms in total. The maximum Gasteiger partial charge on any atom is 0.122 e. The van der Waals surface area contributed by atoms with Gasteiger partial charge in [0.15, 0.2) is 0 Å². The molecule has 0 heterocycles. The van der Waals surface area contributed by atoms with Gasteiger partial charge in [0.25, 0.3) is 0 Å². The standard InChI is InChI=1S/C15H26N2O2/c1-11-12(2)15(19-4)6-5-13(11)7-8-17(3)10-14(18)9-16/h5-6,14,18H,7-10,16H2,1-4H3. The molecule has 0 aliphatic rings. The minimum absolute atomic E-state index is 0.311. The molecule has 0 bridgehead atoms. The van der Waals surface area contributed by atoms with Crippen molar-refractivity contribution in [2.45, 2.75) is 26.4 Å². The van der Waals surface area contributed by atoms with Crippen molar-refractivity contribution in [3.05, 3.63) is 28.8 Å². The van der Waals surface area contributed by atoms with Crippen LogP contribution in [-0.2, 0) is 6.42 Å². The molecule has 108 valence electrons. The number of hydrogen-bond acceptors (Lipinski definition) is 4. The normalized spacial score (nSPS) is 12.8. The van der Waals surface area contributed by atoms with E-state index in [1.54, 1.807) is 7.11 Å². The fourth-order valence-electron chi connectivity index (χ4n) is 2.18. The molecule has 0 saturated carbocycles. The van der Waals surface area contributed by atoms with E-state index in [1.807, 2.05) is 13.1 Å². The number of nitrogens with two attached hydrogens (primary N) is 1. The molecule has 0 saturated heterocycles. The summed E-state index contributed by atoms with van der Waals surface area (Å²) in [6.07, 6.45) is 0.522. The Labute approximate surface area is 116 Å². The Morgan fingerprint density at radius 2 is 2.00 bits per heavy atom. The smallest absolute Gasteiger partial charge is 0.122 e. The van der Waals surface area contributed by atoms with Gasteiger partial charge in [-0.05, 0) is 50.1 Å². The first-order chi connectivity index (χ1) is 8.99. The summed E-state index contributed by atoms with van der Waals surface area (Å²) in [6, 6.07) is 4.14. The molecule has 1 aromatic carbocycles. The Kier molecular flexibility index (Phi) is 6.28. The van der Waals surface area contributed by atoms with Crippen LogP contribution in [0.5, 0.6) is 5.75 Å². The van der Waals surface area contributed by atoms with E-state index in [0.717, 1.165) is 18.7 Å². The summed E-state index contributed by atoms with van der Waals surface area (Å²) in [4.78, 5) is 2.11. The quantitative estimate of drug-likeness (QED) is 0.776. The first-order valence-electron chi connectivity index (χ1n) is 6.69. The van der Waals surface area contributed by atoms with Crippen LogP contribution in [0, 0.1) is 13.8 Å². The Balaban J connectivity index is 2.61. The second-order valence-electron chi connectivity index (χ2n) is 5.08. The van der Waals surface area contributed by atoms with Crippen molar-refractivity contribution < 1.29 is 9.84 Å². The molecule has 1 unspecified atom stereocenters. The number of aliphatic hydroxyl groups is 1. The van der Waals surface area contributed by atoms with E-state index in [-0.39, 0.29) is 0 Å². The topological polar surface area (TPSA) is 58.7 Å². The second-order valence-corrected chi connectivity index (χ2v) is 5.08. The van der Waals surface area contributed by atoms with Gasteiger partial charge in [0.2, 0.25) is 0 Å². The van der Waals surface area contributed by atoms with Crippen LogP contribution in [0.2, 0.25) is 0 Å². The summed E-state index contributed by atoms with van der Waals surface area (Å²) in [6.45, 7) is 6.04. The SMILES string of the molecule is COc1ccc(CCN(C)CC(O)CN)c(C)c1C. The zero-order chi connectivity index (χ0) is 14.4. The van der Waals surface area contributed by atoms with Crippen molar-refractivity contribution in [1.29, 1.82) is 0 Å². The van der Waals surface area contributed by atoms with E-state index in [0.29, 0.717) is 13.1 Å². The molecular formula is C15H26N2O2. The van der Waals surface area contributed by atoms with Gasteiger partial charge in [-0.2, -0.15) is 0 Å². The van der Waals surface area contributed by atoms with Crippen molar-refractivity contribution in [3.8, 4) is 5.75 Å². The lowest BCUT2D eigenvalue weighted by Gasteiger charge is -2.20. The van der Waals surface area contributed by atoms with Gasteiger partial charge in [-0.1, -0.05) is 6.07 Å². The number of aliphatic hydroxyl groups excluding tert-OH is 1. The average Bonchev–Trinajstić information content (AvgIpc) is 2.40. The fourth-order valence-corrected chi connectivity index (χ4v) is 2.18. The molecule has 4 heteroatoms. The predicted octanol–water partition coefficient (Wildman–Crippen LogP) is 1.11. The van der Waals surface area contributed by atoms with Gasteiger partial charge in [0, 0.05) is 19.6 Å². The highest BCUT2D eigenvalue weighted by atomic mass is 16.5. The van der Waals surface area contributed by atoms with Crippen molar-refractivity contribution in [3.63, 3.8) is 0 Å². The Hall–Kier alpha value is -1.10. The third-order valence-corrected chi connectivity index (χ3v) is 3.63. The molecule has 0 aliphatic carbocycles. The molecule has 0 aliphatic heterocycles. The summed E-state index contributed by atoms with van der Waals surface area (Å²) in [5.41, 5.74) is 9.22. The van der Waals surface area contributed by atoms with Gasteiger partial charge in [0.1, 0.15) is 5.75 Å². The molecule has 0 radical (unpaired) electrons. The highest BCUT2D eigenvalue weighted by molar-refractivity contribution is 5.43. The molecule has 3 N–H and O–H groups in total. The van der Waals surface area contributed by atoms with Gasteiger partial charge in [-0.3, -0.25) is 0 Å². The molecule has 1 rings (SSSR count). The van der Waals surface area contributed by atoms with E-state index < -0.39 is 6.10 Å². The van der Waals surface area contributed by atoms with Gasteiger partial charge < -0.3 is 20.5 Å². The summed E-state index contributed by atoms with van der Waals surface area (Å²) < 4.78 is 5.32. The van der Waals surface area contributed by atoms with E-state index in [1.165, 1.54) is 16.7 Å². The molecule has 19 heavy (non-hydrogen) atoms. The maximum atomic E-state index is 9.51. The average molecular weight is 266 g/mol. The van der Waals surface area contributed by atoms with Crippen molar-refractivity contribution in [2.75, 3.05) is 33.8 Å². The summed E-state index contributed by atoms with van der Waals surface area (Å²) >= 11 is 0. The van der Waals surface area contributed by atoms with Crippen LogP contribution in [0.15, 0.2) is 12.1 Å². The summed E-state index contributed by atoms with van der Waals surface area (Å²) in [5.74, 6) is 0.938. The van der Waals surface area contributed by atoms with Crippen LogP contribution in [0.3, 0.4) is 0 Å². The lowest BCUT2D eigenvalue weighted by atomic mass is 10.00. The number of benzene rings is 1. The fraction of sp³-hybridized carbons (Fsp3) is 0.600. The van der Waals surface area contributed by atoms with Gasteiger partial charge in [-0.25, -0.2) is 0 Å². The monoisotopic (exact) mass is 266 g/mol. The summed E-state index contributed by atoms with van der Waals surface area (Å²) in [5, 5.41) is 9.51. The van der Waals surface area contributed by atoms with E-state index in [4.69, 9.17) is 10.5 Å². The highest BCUT2D eigenvalue weighted by Crippen LogP contribution is 2.24. The number of likely N-dealkylation sites (N-methyl/N-ethyl adjacent to an activating group) is 1. The number of ether oxygens (including phenoxy) is 1. The van der Waals surface area contributed by atoms with Crippen LogP contribution in [0.25, 0.3) is 0 Å². The van der Waals surface area contributed by atoms with Crippen LogP contribution in [0.1, 0.15) is 16.7 Å². The van der Waals surface area contributed by atoms with Crippen molar-refractivity contribution in [2.24, 2.45) is 5.73 Å². The first kappa shape index (κ1) is 16.0. The molecule has 1 aromatic rings. The zero-order valence-corrected chi connectivity index (χ0v) is 12.4. The lowest BCUT2D eigenvalue weighted by molar-refractivity contribution is 0.133. The van der Waals surface area contributed by atoms with Crippen LogP contribution < -0.4 is 10.5 Å². The maximum absolute atomic E-state index is 9.51. The van der Waals surface area contributed by atoms with Gasteiger partial charge in [0.05, 0.1) is 13.2 Å². The van der Waals surface area contributed by atoms with Crippen molar-refractivity contribution in [1.82, 2.24) is 4.90 Å². The molecule has 0 spiro atoms. The third-order valence-electron chi connectivity index (χ3n) is 3.63. The second kappa shape index (κ2) is 7.48. The number of hydrogen-bond donors (Lipinski definition) is 2. The molecular weight excluding hydrogens is 240 g/mol. The van der Waals surface area contributed by atoms with Crippen LogP contribution in [-0.4, -0.2) is 49.9 Å². The van der Waals surface area contributed by atoms with Crippen molar-refractivity contribution >= 4 is 0 Å². The number of methoxy groups -OCH3 is 1. The van der Waals surface area contributed by atoms with Gasteiger partial charge in [-0.15, -0.1) is 0 Å². The third kappa shape index (κ3) is 4.49.